The summed E-state index contributed by atoms with van der Waals surface area (Å²) >= 11 is 0. The molecule has 1 aromatic heterocycles. The summed E-state index contributed by atoms with van der Waals surface area (Å²) < 4.78 is 28.4. The van der Waals surface area contributed by atoms with E-state index in [1.807, 2.05) is 31.4 Å². The summed E-state index contributed by atoms with van der Waals surface area (Å²) in [6.07, 6.45) is 3.84. The molecule has 1 aliphatic rings. The molecule has 0 saturated carbocycles. The monoisotopic (exact) mass is 613 g/mol. The Morgan fingerprint density at radius 3 is 2.37 bits per heavy atom. The van der Waals surface area contributed by atoms with Gasteiger partial charge < -0.3 is 23.5 Å². The minimum Gasteiger partial charge on any atom is -0.503 e. The highest BCUT2D eigenvalue weighted by Gasteiger charge is 2.49. The van der Waals surface area contributed by atoms with Crippen molar-refractivity contribution >= 4 is 20.5 Å². The van der Waals surface area contributed by atoms with Gasteiger partial charge in [0, 0.05) is 44.5 Å². The van der Waals surface area contributed by atoms with Crippen LogP contribution in [0, 0.1) is 17.1 Å². The number of hydrogen-bond donors (Lipinski definition) is 0. The molecule has 1 atom stereocenters. The van der Waals surface area contributed by atoms with Crippen LogP contribution in [0.15, 0.2) is 30.7 Å². The molecule has 2 aromatic rings. The van der Waals surface area contributed by atoms with Crippen LogP contribution in [0.2, 0.25) is 16.6 Å². The first-order valence-electron chi connectivity index (χ1n) is 15.2. The minimum absolute atomic E-state index is 0.00423. The number of rotatable bonds is 10. The lowest BCUT2D eigenvalue weighted by Gasteiger charge is -2.43. The molecule has 1 saturated heterocycles. The van der Waals surface area contributed by atoms with E-state index in [1.54, 1.807) is 28.4 Å². The van der Waals surface area contributed by atoms with Gasteiger partial charge in [-0.3, -0.25) is 0 Å². The van der Waals surface area contributed by atoms with Gasteiger partial charge in [0.15, 0.2) is 0 Å². The Balaban J connectivity index is 1.85. The zero-order valence-corrected chi connectivity index (χ0v) is 28.2. The third kappa shape index (κ3) is 8.16. The second-order valence-corrected chi connectivity index (χ2v) is 18.8. The van der Waals surface area contributed by atoms with Crippen molar-refractivity contribution < 1.29 is 23.1 Å². The normalized spacial score (nSPS) is 15.7. The van der Waals surface area contributed by atoms with Gasteiger partial charge in [-0.25, -0.2) is 19.0 Å². The molecule has 0 bridgehead atoms. The van der Waals surface area contributed by atoms with Crippen LogP contribution in [-0.2, 0) is 22.1 Å². The van der Waals surface area contributed by atoms with Crippen LogP contribution in [0.4, 0.5) is 14.0 Å². The molecule has 9 nitrogen and oxygen atoms in total. The minimum atomic E-state index is -2.52. The highest BCUT2D eigenvalue weighted by molar-refractivity contribution is 6.78. The first kappa shape index (κ1) is 34.1. The van der Waals surface area contributed by atoms with Crippen LogP contribution in [-0.4, -0.2) is 71.1 Å². The van der Waals surface area contributed by atoms with Crippen molar-refractivity contribution in [3.05, 3.63) is 53.4 Å². The summed E-state index contributed by atoms with van der Waals surface area (Å²) in [7, 11) is -2.52. The van der Waals surface area contributed by atoms with Gasteiger partial charge in [-0.05, 0) is 61.5 Å². The lowest BCUT2D eigenvalue weighted by Crippen LogP contribution is -2.54. The maximum atomic E-state index is 14.2. The maximum Gasteiger partial charge on any atom is 0.410 e. The number of ether oxygens (including phenoxy) is 1. The van der Waals surface area contributed by atoms with E-state index in [-0.39, 0.29) is 40.4 Å². The van der Waals surface area contributed by atoms with Crippen LogP contribution in [0.25, 0.3) is 0 Å². The van der Waals surface area contributed by atoms with E-state index in [2.05, 4.69) is 46.5 Å². The number of benzene rings is 1. The van der Waals surface area contributed by atoms with Crippen molar-refractivity contribution in [1.29, 1.82) is 5.26 Å². The topological polar surface area (TPSA) is 101 Å². The quantitative estimate of drug-likeness (QED) is 0.265. The highest BCUT2D eigenvalue weighted by atomic mass is 28.4. The summed E-state index contributed by atoms with van der Waals surface area (Å²) in [4.78, 5) is 34.7. The van der Waals surface area contributed by atoms with Gasteiger partial charge in [0.05, 0.1) is 17.9 Å². The number of likely N-dealkylation sites (tertiary alicyclic amines) is 1. The van der Waals surface area contributed by atoms with Crippen molar-refractivity contribution in [2.75, 3.05) is 19.6 Å². The molecule has 1 aliphatic heterocycles. The summed E-state index contributed by atoms with van der Waals surface area (Å²) in [5, 5.41) is 9.05. The number of carbonyl (C=O) groups is 2. The van der Waals surface area contributed by atoms with E-state index in [9.17, 15) is 14.0 Å². The molecule has 0 radical (unpaired) electrons. The second kappa shape index (κ2) is 13.9. The molecule has 0 spiro atoms. The average Bonchev–Trinajstić information content (AvgIpc) is 3.56. The Hall–Kier alpha value is -3.39. The summed E-state index contributed by atoms with van der Waals surface area (Å²) in [5.74, 6) is -0.556. The number of halogens is 1. The fourth-order valence-electron chi connectivity index (χ4n) is 6.35. The van der Waals surface area contributed by atoms with Crippen LogP contribution in [0.5, 0.6) is 0 Å². The SMILES string of the molecule is CC(C)[Si](OC(=O)N(CCc1cncn1Cc1ccc(C#N)c(F)c1)C1CCN(C(=O)OC(C)(C)C)C1)(C(C)C)C(C)C. The number of amides is 2. The van der Waals surface area contributed by atoms with Gasteiger partial charge in [0.2, 0.25) is 0 Å². The Labute approximate surface area is 257 Å². The molecule has 11 heteroatoms. The largest absolute Gasteiger partial charge is 0.503 e. The molecule has 43 heavy (non-hydrogen) atoms. The Bertz CT molecular complexity index is 1290. The first-order chi connectivity index (χ1) is 20.1. The zero-order valence-electron chi connectivity index (χ0n) is 27.2. The molecule has 2 heterocycles. The Morgan fingerprint density at radius 2 is 1.81 bits per heavy atom. The van der Waals surface area contributed by atoms with Crippen molar-refractivity contribution in [2.24, 2.45) is 0 Å². The van der Waals surface area contributed by atoms with Crippen molar-refractivity contribution in [1.82, 2.24) is 19.4 Å². The molecule has 0 N–H and O–H groups in total. The highest BCUT2D eigenvalue weighted by Crippen LogP contribution is 2.43. The van der Waals surface area contributed by atoms with Gasteiger partial charge in [0.25, 0.3) is 8.32 Å². The molecule has 1 unspecified atom stereocenters. The molecule has 2 amide bonds. The fourth-order valence-corrected chi connectivity index (χ4v) is 11.5. The van der Waals surface area contributed by atoms with Gasteiger partial charge >= 0.3 is 12.2 Å². The molecule has 3 rings (SSSR count). The van der Waals surface area contributed by atoms with Crippen molar-refractivity contribution in [3.8, 4) is 6.07 Å². The van der Waals surface area contributed by atoms with Gasteiger partial charge in [-0.15, -0.1) is 0 Å². The summed E-state index contributed by atoms with van der Waals surface area (Å²) in [5.41, 5.74) is 1.67. The van der Waals surface area contributed by atoms with E-state index in [4.69, 9.17) is 14.4 Å². The van der Waals surface area contributed by atoms with Gasteiger partial charge in [-0.2, -0.15) is 5.26 Å². The fraction of sp³-hybridized carbons (Fsp3) is 0.625. The lowest BCUT2D eigenvalue weighted by molar-refractivity contribution is 0.0279. The lowest BCUT2D eigenvalue weighted by atomic mass is 10.1. The number of hydrogen-bond acceptors (Lipinski definition) is 6. The first-order valence-corrected chi connectivity index (χ1v) is 17.4. The van der Waals surface area contributed by atoms with Crippen molar-refractivity contribution in [3.63, 3.8) is 0 Å². The standard InChI is InChI=1S/C32H48FN5O4Si/c1-22(2)43(23(3)4,24(5)6)42-31(40)38(28-12-14-36(20-28)30(39)41-32(7,8)9)15-13-27-18-35-21-37(27)19-25-10-11-26(17-34)29(33)16-25/h10-11,16,18,21-24,28H,12-15,19-20H2,1-9H3. The molecule has 0 aliphatic carbocycles. The maximum absolute atomic E-state index is 14.2. The molecular weight excluding hydrogens is 565 g/mol. The molecular formula is C32H48FN5O4Si. The number of carbonyl (C=O) groups excluding carboxylic acids is 2. The molecule has 236 valence electrons. The molecule has 1 fully saturated rings. The summed E-state index contributed by atoms with van der Waals surface area (Å²) in [6, 6.07) is 6.20. The predicted octanol–water partition coefficient (Wildman–Crippen LogP) is 7.11. The zero-order chi connectivity index (χ0) is 32.1. The van der Waals surface area contributed by atoms with Crippen LogP contribution >= 0.6 is 0 Å². The Kier molecular flexibility index (Phi) is 11.0. The van der Waals surface area contributed by atoms with Gasteiger partial charge in [-0.1, -0.05) is 47.6 Å². The third-order valence-corrected chi connectivity index (χ3v) is 14.3. The number of nitrogens with zero attached hydrogens (tertiary/aromatic N) is 5. The van der Waals surface area contributed by atoms with Crippen LogP contribution in [0.3, 0.4) is 0 Å². The van der Waals surface area contributed by atoms with E-state index in [0.29, 0.717) is 44.6 Å². The number of aromatic nitrogens is 2. The van der Waals surface area contributed by atoms with E-state index < -0.39 is 19.7 Å². The van der Waals surface area contributed by atoms with E-state index in [1.165, 1.54) is 12.1 Å². The van der Waals surface area contributed by atoms with E-state index in [0.717, 1.165) is 5.69 Å². The van der Waals surface area contributed by atoms with E-state index >= 15 is 0 Å². The van der Waals surface area contributed by atoms with Crippen LogP contribution < -0.4 is 0 Å². The average molecular weight is 614 g/mol. The van der Waals surface area contributed by atoms with Gasteiger partial charge in [0.1, 0.15) is 17.5 Å². The Morgan fingerprint density at radius 1 is 1.16 bits per heavy atom. The smallest absolute Gasteiger partial charge is 0.410 e. The number of nitriles is 1. The second-order valence-electron chi connectivity index (χ2n) is 13.4. The third-order valence-electron chi connectivity index (χ3n) is 8.38. The number of imidazole rings is 1. The summed E-state index contributed by atoms with van der Waals surface area (Å²) in [6.45, 7) is 20.0. The van der Waals surface area contributed by atoms with Crippen molar-refractivity contribution in [2.45, 2.75) is 110 Å². The molecule has 1 aromatic carbocycles. The van der Waals surface area contributed by atoms with Crippen LogP contribution in [0.1, 0.15) is 85.6 Å². The predicted molar refractivity (Wildman–Crippen MR) is 167 cm³/mol.